The van der Waals surface area contributed by atoms with Crippen molar-refractivity contribution in [1.29, 1.82) is 0 Å². The number of nitrogens with zero attached hydrogens (tertiary/aromatic N) is 1. The van der Waals surface area contributed by atoms with Gasteiger partial charge in [0.25, 0.3) is 0 Å². The summed E-state index contributed by atoms with van der Waals surface area (Å²) in [4.78, 5) is 35.9. The lowest BCUT2D eigenvalue weighted by Crippen LogP contribution is -2.37. The van der Waals surface area contributed by atoms with Crippen LogP contribution in [0.15, 0.2) is 48.6 Å². The minimum atomic E-state index is -4.39. The molecule has 0 spiro atoms. The molecule has 0 fully saturated rings. The molecule has 0 saturated heterocycles. The number of phosphoric ester groups is 1. The number of quaternary nitrogens is 1. The van der Waals surface area contributed by atoms with Gasteiger partial charge in [-0.2, -0.15) is 0 Å². The largest absolute Gasteiger partial charge is 0.472 e. The van der Waals surface area contributed by atoms with Crippen molar-refractivity contribution in [3.05, 3.63) is 48.6 Å². The Labute approximate surface area is 560 Å². The molecule has 0 amide bonds. The average molecular weight is 1290 g/mol. The number of carbonyl (C=O) groups excluding carboxylic acids is 2. The number of likely N-dealkylation sites (N-methyl/N-ethyl adjacent to an activating group) is 1. The zero-order valence-electron chi connectivity index (χ0n) is 60.7. The molecule has 90 heavy (non-hydrogen) atoms. The lowest BCUT2D eigenvalue weighted by Gasteiger charge is -2.24. The van der Waals surface area contributed by atoms with E-state index in [9.17, 15) is 19.0 Å². The van der Waals surface area contributed by atoms with Crippen LogP contribution < -0.4 is 0 Å². The van der Waals surface area contributed by atoms with Crippen LogP contribution in [0, 0.1) is 0 Å². The Bertz CT molecular complexity index is 1660. The topological polar surface area (TPSA) is 108 Å². The van der Waals surface area contributed by atoms with Gasteiger partial charge in [0.05, 0.1) is 27.7 Å². The molecular formula is C80H153NO8P+. The highest BCUT2D eigenvalue weighted by molar-refractivity contribution is 7.47. The maximum absolute atomic E-state index is 12.9. The van der Waals surface area contributed by atoms with Crippen molar-refractivity contribution in [3.8, 4) is 0 Å². The van der Waals surface area contributed by atoms with Gasteiger partial charge in [-0.1, -0.05) is 358 Å². The summed E-state index contributed by atoms with van der Waals surface area (Å²) in [6.07, 6.45) is 94.0. The van der Waals surface area contributed by atoms with E-state index < -0.39 is 26.5 Å². The van der Waals surface area contributed by atoms with Crippen molar-refractivity contribution in [1.82, 2.24) is 0 Å². The Kier molecular flexibility index (Phi) is 69.7. The fraction of sp³-hybridized carbons (Fsp3) is 0.875. The fourth-order valence-electron chi connectivity index (χ4n) is 11.8. The van der Waals surface area contributed by atoms with Crippen LogP contribution in [0.3, 0.4) is 0 Å². The lowest BCUT2D eigenvalue weighted by atomic mass is 10.0. The number of rotatable bonds is 74. The van der Waals surface area contributed by atoms with E-state index in [1.807, 2.05) is 21.1 Å². The van der Waals surface area contributed by atoms with Gasteiger partial charge in [-0.15, -0.1) is 0 Å². The van der Waals surface area contributed by atoms with Crippen LogP contribution in [0.4, 0.5) is 0 Å². The molecule has 2 atom stereocenters. The number of hydrogen-bond donors (Lipinski definition) is 1. The highest BCUT2D eigenvalue weighted by Gasteiger charge is 2.27. The van der Waals surface area contributed by atoms with E-state index >= 15 is 0 Å². The Morgan fingerprint density at radius 1 is 0.344 bits per heavy atom. The summed E-state index contributed by atoms with van der Waals surface area (Å²) < 4.78 is 34.8. The van der Waals surface area contributed by atoms with Crippen LogP contribution in [0.1, 0.15) is 399 Å². The molecule has 2 unspecified atom stereocenters. The number of ether oxygens (including phenoxy) is 2. The minimum Gasteiger partial charge on any atom is -0.462 e. The predicted molar refractivity (Wildman–Crippen MR) is 390 cm³/mol. The zero-order chi connectivity index (χ0) is 65.5. The van der Waals surface area contributed by atoms with Gasteiger partial charge in [-0.3, -0.25) is 18.6 Å². The molecule has 0 aliphatic rings. The number of allylic oxidation sites excluding steroid dienone is 8. The lowest BCUT2D eigenvalue weighted by molar-refractivity contribution is -0.870. The molecule has 0 heterocycles. The second kappa shape index (κ2) is 71.3. The summed E-state index contributed by atoms with van der Waals surface area (Å²) in [6, 6.07) is 0. The van der Waals surface area contributed by atoms with Gasteiger partial charge >= 0.3 is 19.8 Å². The van der Waals surface area contributed by atoms with Crippen LogP contribution in [0.5, 0.6) is 0 Å². The van der Waals surface area contributed by atoms with E-state index in [1.165, 1.54) is 321 Å². The summed E-state index contributed by atoms with van der Waals surface area (Å²) >= 11 is 0. The molecule has 0 aromatic heterocycles. The summed E-state index contributed by atoms with van der Waals surface area (Å²) in [6.45, 7) is 4.49. The highest BCUT2D eigenvalue weighted by Crippen LogP contribution is 2.43. The highest BCUT2D eigenvalue weighted by atomic mass is 31.2. The SMILES string of the molecule is CCCCCCC/C=C\C/C=C\C/C=C\CCCCCCCCCCCCCCCCCCCCCCCCCCCCC(=O)OC(COC(=O)CCCCCCCCCCCCCCC/C=C\CCCCCCCCCC)COP(=O)(O)OCC[N+](C)(C)C. The molecule has 0 aromatic carbocycles. The Balaban J connectivity index is 3.89. The summed E-state index contributed by atoms with van der Waals surface area (Å²) in [5, 5.41) is 0. The van der Waals surface area contributed by atoms with Gasteiger partial charge in [-0.05, 0) is 77.0 Å². The Morgan fingerprint density at radius 3 is 0.900 bits per heavy atom. The zero-order valence-corrected chi connectivity index (χ0v) is 61.5. The number of unbranched alkanes of at least 4 members (excludes halogenated alkanes) is 52. The number of phosphoric acid groups is 1. The minimum absolute atomic E-state index is 0.0344. The van der Waals surface area contributed by atoms with Crippen LogP contribution in [-0.4, -0.2) is 74.9 Å². The van der Waals surface area contributed by atoms with Crippen LogP contribution in [0.25, 0.3) is 0 Å². The number of hydrogen-bond acceptors (Lipinski definition) is 7. The van der Waals surface area contributed by atoms with Crippen molar-refractivity contribution < 1.29 is 42.1 Å². The summed E-state index contributed by atoms with van der Waals surface area (Å²) in [5.41, 5.74) is 0. The number of esters is 2. The Morgan fingerprint density at radius 2 is 0.600 bits per heavy atom. The molecule has 0 radical (unpaired) electrons. The summed E-state index contributed by atoms with van der Waals surface area (Å²) in [7, 11) is 1.50. The third-order valence-electron chi connectivity index (χ3n) is 17.8. The maximum atomic E-state index is 12.9. The van der Waals surface area contributed by atoms with Gasteiger partial charge < -0.3 is 18.9 Å². The Hall–Kier alpha value is -2.03. The molecule has 0 rings (SSSR count). The first-order valence-electron chi connectivity index (χ1n) is 39.4. The predicted octanol–water partition coefficient (Wildman–Crippen LogP) is 26.0. The van der Waals surface area contributed by atoms with Crippen molar-refractivity contribution in [2.24, 2.45) is 0 Å². The van der Waals surface area contributed by atoms with Crippen LogP contribution in [-0.2, 0) is 32.7 Å². The first kappa shape index (κ1) is 88.0. The standard InChI is InChI=1S/C80H152NO8P/c1-6-8-10-12-14-16-18-20-22-24-26-28-30-32-33-34-35-36-37-38-39-40-41-42-43-44-45-46-47-49-51-53-55-57-59-61-63-65-67-69-71-73-80(83)89-78(77-88-90(84,85)87-75-74-81(3,4)5)76-86-79(82)72-70-68-66-64-62-60-58-56-54-52-50-48-31-29-27-25-23-21-19-17-15-13-11-9-7-2/h18,20,24-27,30,32,78H,6-17,19,21-23,28-29,31,33-77H2,1-5H3/p+1/b20-18-,26-24-,27-25-,32-30-. The van der Waals surface area contributed by atoms with Crippen molar-refractivity contribution in [2.45, 2.75) is 405 Å². The second-order valence-electron chi connectivity index (χ2n) is 28.1. The first-order chi connectivity index (χ1) is 44.0. The quantitative estimate of drug-likeness (QED) is 0.0211. The summed E-state index contributed by atoms with van der Waals surface area (Å²) in [5.74, 6) is -0.775. The monoisotopic (exact) mass is 1290 g/mol. The van der Waals surface area contributed by atoms with E-state index in [0.29, 0.717) is 23.9 Å². The van der Waals surface area contributed by atoms with Gasteiger partial charge in [-0.25, -0.2) is 4.57 Å². The molecule has 1 N–H and O–H groups in total. The van der Waals surface area contributed by atoms with E-state index in [0.717, 1.165) is 44.9 Å². The van der Waals surface area contributed by atoms with E-state index in [-0.39, 0.29) is 25.6 Å². The van der Waals surface area contributed by atoms with Gasteiger partial charge in [0.2, 0.25) is 0 Å². The molecule has 9 nitrogen and oxygen atoms in total. The smallest absolute Gasteiger partial charge is 0.462 e. The molecule has 530 valence electrons. The molecule has 0 bridgehead atoms. The molecule has 10 heteroatoms. The van der Waals surface area contributed by atoms with Crippen molar-refractivity contribution in [2.75, 3.05) is 47.5 Å². The van der Waals surface area contributed by atoms with Gasteiger partial charge in [0.1, 0.15) is 19.8 Å². The van der Waals surface area contributed by atoms with Gasteiger partial charge in [0, 0.05) is 12.8 Å². The van der Waals surface area contributed by atoms with Crippen molar-refractivity contribution in [3.63, 3.8) is 0 Å². The molecular weight excluding hydrogens is 1130 g/mol. The second-order valence-corrected chi connectivity index (χ2v) is 29.5. The molecule has 0 aliphatic carbocycles. The first-order valence-corrected chi connectivity index (χ1v) is 40.9. The molecule has 0 aliphatic heterocycles. The van der Waals surface area contributed by atoms with E-state index in [2.05, 4.69) is 62.5 Å². The maximum Gasteiger partial charge on any atom is 0.472 e. The van der Waals surface area contributed by atoms with E-state index in [1.54, 1.807) is 0 Å². The van der Waals surface area contributed by atoms with E-state index in [4.69, 9.17) is 18.5 Å². The molecule has 0 aromatic rings. The third-order valence-corrected chi connectivity index (χ3v) is 18.8. The van der Waals surface area contributed by atoms with Gasteiger partial charge in [0.15, 0.2) is 6.10 Å². The number of carbonyl (C=O) groups is 2. The fourth-order valence-corrected chi connectivity index (χ4v) is 12.5. The van der Waals surface area contributed by atoms with Crippen LogP contribution in [0.2, 0.25) is 0 Å². The average Bonchev–Trinajstić information content (AvgIpc) is 3.62. The van der Waals surface area contributed by atoms with Crippen LogP contribution >= 0.6 is 7.82 Å². The normalized spacial score (nSPS) is 13.3. The third kappa shape index (κ3) is 75.0. The van der Waals surface area contributed by atoms with Crippen molar-refractivity contribution >= 4 is 19.8 Å². The molecule has 0 saturated carbocycles.